The van der Waals surface area contributed by atoms with Crippen molar-refractivity contribution in [3.05, 3.63) is 82.5 Å². The van der Waals surface area contributed by atoms with Crippen LogP contribution in [0.15, 0.2) is 59.7 Å². The number of phenolic OH excluding ortho intramolecular Hbond substituents is 1. The summed E-state index contributed by atoms with van der Waals surface area (Å²) in [6, 6.07) is 3.07. The van der Waals surface area contributed by atoms with Gasteiger partial charge in [-0.05, 0) is 90.1 Å². The third-order valence-electron chi connectivity index (χ3n) is 10.9. The highest BCUT2D eigenvalue weighted by atomic mass is 35.5. The van der Waals surface area contributed by atoms with Crippen LogP contribution in [0.25, 0.3) is 12.2 Å². The van der Waals surface area contributed by atoms with Gasteiger partial charge in [0.2, 0.25) is 18.5 Å². The molecule has 2 aromatic carbocycles. The number of aromatic hydroxyl groups is 1. The molecular weight excluding hydrogens is 925 g/mol. The number of allylic oxidation sites excluding steroid dienone is 1. The van der Waals surface area contributed by atoms with Gasteiger partial charge >= 0.3 is 11.9 Å². The summed E-state index contributed by atoms with van der Waals surface area (Å²) in [6.07, 6.45) is 9.41. The van der Waals surface area contributed by atoms with Gasteiger partial charge in [-0.2, -0.15) is 0 Å². The van der Waals surface area contributed by atoms with Crippen molar-refractivity contribution >= 4 is 64.7 Å². The van der Waals surface area contributed by atoms with Crippen LogP contribution in [0.1, 0.15) is 114 Å². The Hall–Kier alpha value is -5.45. The number of aliphatic imine (C=N–C) groups is 1. The summed E-state index contributed by atoms with van der Waals surface area (Å²) in [5, 5.41) is 30.4. The molecule has 16 nitrogen and oxygen atoms in total. The molecule has 0 aliphatic carbocycles. The van der Waals surface area contributed by atoms with Gasteiger partial charge in [-0.25, -0.2) is 14.6 Å². The maximum atomic E-state index is 13.1. The van der Waals surface area contributed by atoms with E-state index in [2.05, 4.69) is 10.9 Å². The van der Waals surface area contributed by atoms with Crippen molar-refractivity contribution in [1.29, 1.82) is 0 Å². The zero-order valence-electron chi connectivity index (χ0n) is 37.8. The predicted molar refractivity (Wildman–Crippen MR) is 258 cm³/mol. The number of rotatable bonds is 1. The number of aliphatic hydroxyl groups excluding tert-OH is 2. The molecule has 18 heteroatoms. The summed E-state index contributed by atoms with van der Waals surface area (Å²) >= 11 is 10.3. The number of ketones is 2. The lowest BCUT2D eigenvalue weighted by molar-refractivity contribution is -0.152. The summed E-state index contributed by atoms with van der Waals surface area (Å²) < 4.78 is 44.9. The molecule has 0 spiro atoms. The first-order valence-corrected chi connectivity index (χ1v) is 22.1. The molecule has 372 valence electrons. The molecule has 0 unspecified atom stereocenters. The second-order valence-corrected chi connectivity index (χ2v) is 17.4. The number of alkyl halides is 2. The Labute approximate surface area is 407 Å². The van der Waals surface area contributed by atoms with E-state index in [0.717, 1.165) is 5.56 Å². The minimum absolute atomic E-state index is 0. The molecule has 0 radical (unpaired) electrons. The van der Waals surface area contributed by atoms with Gasteiger partial charge in [0.1, 0.15) is 35.7 Å². The number of benzene rings is 2. The summed E-state index contributed by atoms with van der Waals surface area (Å²) in [4.78, 5) is 53.4. The smallest absolute Gasteiger partial charge is 0.342 e. The highest BCUT2D eigenvalue weighted by molar-refractivity contribution is 6.44. The normalized spacial score (nSPS) is 27.3. The minimum Gasteiger partial charge on any atom is -0.507 e. The second-order valence-electron chi connectivity index (χ2n) is 16.3. The quantitative estimate of drug-likeness (QED) is 0.105. The SMILES string of the molecule is C.C.CC=C=NC(Cl)Cl.C[C@@H]1/C=C\C(=O)[C@@H](O)[C@@H](O)C/C=C/c2c3c(cc(O)c2C(=O)O[C@H]1C)OCO3.Cc1cc2c(c3c1C(=O)O[C@@H](C)[C@H](C)/C=C\C(=O)[C@H]1OC(C)(C)O[C@H]1CC=C3)OCO2. The van der Waals surface area contributed by atoms with Crippen molar-refractivity contribution < 1.29 is 72.4 Å². The lowest BCUT2D eigenvalue weighted by Crippen LogP contribution is -2.32. The summed E-state index contributed by atoms with van der Waals surface area (Å²) in [6.45, 7) is 14.3. The maximum absolute atomic E-state index is 13.1. The number of carbonyl (C=O) groups excluding carboxylic acids is 4. The van der Waals surface area contributed by atoms with Gasteiger partial charge in [0.05, 0.1) is 17.8 Å². The Morgan fingerprint density at radius 3 is 1.81 bits per heavy atom. The van der Waals surface area contributed by atoms with Gasteiger partial charge in [0.15, 0.2) is 40.4 Å². The predicted octanol–water partition coefficient (Wildman–Crippen LogP) is 8.80. The number of halogens is 2. The summed E-state index contributed by atoms with van der Waals surface area (Å²) in [5.41, 5.74) is 1.93. The van der Waals surface area contributed by atoms with Gasteiger partial charge in [0, 0.05) is 29.0 Å². The summed E-state index contributed by atoms with van der Waals surface area (Å²) in [7, 11) is 0. The molecule has 0 amide bonds. The molecule has 68 heavy (non-hydrogen) atoms. The van der Waals surface area contributed by atoms with Gasteiger partial charge in [-0.15, -0.1) is 0 Å². The monoisotopic (exact) mass is 987 g/mol. The Balaban J connectivity index is 0.000000309. The number of nitrogens with zero attached hydrogens (tertiary/aromatic N) is 1. The fourth-order valence-electron chi connectivity index (χ4n) is 7.07. The number of fused-ring (bicyclic) bond motifs is 7. The van der Waals surface area contributed by atoms with Crippen molar-refractivity contribution in [3.8, 4) is 28.7 Å². The standard InChI is InChI=1S/C24H28O7.C20H22O8.C4H5Cl2N.2CH4/c1-13-9-10-17(25)22-18(30-24(4,5)31-22)8-6-7-16-20(23(26)29-15(13)3)14(2)11-19-21(16)28-12-27-19;1-10-6-7-14(22)18(24)13(21)5-3-4-12-17(20(25)28-11(10)2)15(23)8-16-19(12)27-9-26-16;1-2-3-7-4(5)6;;/h6-7,9-11,13,15,18,22H,8,12H2,1-5H3;3-4,6-8,10-11,13,18,21,23-24H,5,9H2,1-2H3;2,4H,1H3;2*1H4/b7-6?,10-9-;4-3+,7-6-;;;/t13-,15+,18+,22-;10-,11+,13+,18+;;;/m11.../s1. The van der Waals surface area contributed by atoms with Crippen LogP contribution >= 0.6 is 23.2 Å². The van der Waals surface area contributed by atoms with Gasteiger partial charge in [-0.1, -0.05) is 88.4 Å². The number of phenols is 1. The van der Waals surface area contributed by atoms with E-state index in [1.165, 1.54) is 36.4 Å². The highest BCUT2D eigenvalue weighted by Crippen LogP contribution is 2.44. The molecule has 7 rings (SSSR count). The lowest BCUT2D eigenvalue weighted by atomic mass is 9.97. The van der Waals surface area contributed by atoms with Crippen molar-refractivity contribution in [2.45, 2.75) is 130 Å². The Bertz CT molecular complexity index is 2330. The lowest BCUT2D eigenvalue weighted by Gasteiger charge is -2.20. The molecule has 0 aromatic heterocycles. The number of carbonyl (C=O) groups is 4. The molecular formula is C50H63Cl2NO15. The van der Waals surface area contributed by atoms with Crippen LogP contribution in [0.4, 0.5) is 0 Å². The van der Waals surface area contributed by atoms with Crippen molar-refractivity contribution in [1.82, 2.24) is 0 Å². The van der Waals surface area contributed by atoms with Crippen LogP contribution in [-0.2, 0) is 28.5 Å². The van der Waals surface area contributed by atoms with Gasteiger partial charge < -0.3 is 53.2 Å². The van der Waals surface area contributed by atoms with E-state index in [9.17, 15) is 34.5 Å². The average molecular weight is 989 g/mol. The number of hydrogen-bond acceptors (Lipinski definition) is 16. The van der Waals surface area contributed by atoms with Crippen molar-refractivity contribution in [2.24, 2.45) is 16.8 Å². The first-order valence-electron chi connectivity index (χ1n) is 21.2. The van der Waals surface area contributed by atoms with E-state index >= 15 is 0 Å². The number of ether oxygens (including phenoxy) is 8. The van der Waals surface area contributed by atoms with E-state index in [4.69, 9.17) is 61.1 Å². The zero-order chi connectivity index (χ0) is 48.5. The maximum Gasteiger partial charge on any atom is 0.342 e. The van der Waals surface area contributed by atoms with Crippen LogP contribution in [0, 0.1) is 18.8 Å². The number of aliphatic hydroxyl groups is 2. The molecule has 5 aliphatic heterocycles. The Morgan fingerprint density at radius 2 is 1.26 bits per heavy atom. The van der Waals surface area contributed by atoms with E-state index in [0.29, 0.717) is 29.0 Å². The second kappa shape index (κ2) is 25.2. The Kier molecular flexibility index (Phi) is 21.1. The molecule has 0 saturated carbocycles. The minimum atomic E-state index is -1.58. The van der Waals surface area contributed by atoms with Crippen LogP contribution in [-0.4, -0.2) is 106 Å². The van der Waals surface area contributed by atoms with E-state index in [-0.39, 0.29) is 80.9 Å². The first kappa shape index (κ1) is 56.9. The number of hydrogen-bond donors (Lipinski definition) is 3. The van der Waals surface area contributed by atoms with E-state index in [1.54, 1.807) is 52.8 Å². The van der Waals surface area contributed by atoms with Gasteiger partial charge in [-0.3, -0.25) is 9.59 Å². The molecule has 5 aliphatic rings. The highest BCUT2D eigenvalue weighted by Gasteiger charge is 2.44. The fraction of sp³-hybridized carbons (Fsp3) is 0.480. The Morgan fingerprint density at radius 1 is 0.750 bits per heavy atom. The molecule has 1 saturated heterocycles. The number of aryl methyl sites for hydroxylation is 1. The van der Waals surface area contributed by atoms with Crippen LogP contribution in [0.5, 0.6) is 28.7 Å². The average Bonchev–Trinajstić information content (AvgIpc) is 4.01. The van der Waals surface area contributed by atoms with Gasteiger partial charge in [0.25, 0.3) is 0 Å². The molecule has 3 N–H and O–H groups in total. The number of esters is 2. The third-order valence-corrected chi connectivity index (χ3v) is 11.1. The summed E-state index contributed by atoms with van der Waals surface area (Å²) in [5.74, 6) is 0.419. The van der Waals surface area contributed by atoms with Crippen molar-refractivity contribution in [2.75, 3.05) is 13.6 Å². The van der Waals surface area contributed by atoms with Crippen LogP contribution in [0.2, 0.25) is 0 Å². The number of cyclic esters (lactones) is 2. The fourth-order valence-corrected chi connectivity index (χ4v) is 7.18. The van der Waals surface area contributed by atoms with E-state index < -0.39 is 65.1 Å². The zero-order valence-corrected chi connectivity index (χ0v) is 39.3. The molecule has 5 heterocycles. The first-order chi connectivity index (χ1) is 31.2. The third kappa shape index (κ3) is 14.3. The van der Waals surface area contributed by atoms with Crippen LogP contribution < -0.4 is 18.9 Å². The largest absolute Gasteiger partial charge is 0.507 e. The molecule has 2 aromatic rings. The molecule has 8 atom stereocenters. The molecule has 0 bridgehead atoms. The van der Waals surface area contributed by atoms with E-state index in [1.807, 2.05) is 32.9 Å². The van der Waals surface area contributed by atoms with Crippen molar-refractivity contribution in [3.63, 3.8) is 0 Å². The topological polar surface area (TPSA) is 215 Å². The molecule has 1 fully saturated rings. The van der Waals surface area contributed by atoms with Crippen LogP contribution in [0.3, 0.4) is 0 Å².